The van der Waals surface area contributed by atoms with Crippen molar-refractivity contribution in [2.45, 2.75) is 46.4 Å². The number of carbonyl (C=O) groups excluding carboxylic acids is 2. The van der Waals surface area contributed by atoms with Crippen molar-refractivity contribution in [3.05, 3.63) is 46.8 Å². The Labute approximate surface area is 188 Å². The average molecular weight is 463 g/mol. The predicted octanol–water partition coefficient (Wildman–Crippen LogP) is 5.20. The first-order chi connectivity index (χ1) is 15.2. The molecule has 0 atom stereocenters. The lowest BCUT2D eigenvalue weighted by atomic mass is 10.1. The van der Waals surface area contributed by atoms with Crippen molar-refractivity contribution in [1.29, 1.82) is 0 Å². The Morgan fingerprint density at radius 2 is 1.70 bits per heavy atom. The Hall–Kier alpha value is -3.63. The van der Waals surface area contributed by atoms with Crippen molar-refractivity contribution in [3.63, 3.8) is 0 Å². The summed E-state index contributed by atoms with van der Waals surface area (Å²) in [5.41, 5.74) is -0.343. The quantitative estimate of drug-likeness (QED) is 0.556. The van der Waals surface area contributed by atoms with E-state index in [1.165, 1.54) is 10.7 Å². The molecule has 0 aliphatic heterocycles. The lowest BCUT2D eigenvalue weighted by Crippen LogP contribution is -2.27. The molecular formula is C22H24F3N5O3. The lowest BCUT2D eigenvalue weighted by Gasteiger charge is -2.21. The molecule has 2 heterocycles. The number of aryl methyl sites for hydroxylation is 3. The number of halogens is 3. The molecule has 2 aromatic heterocycles. The first-order valence-corrected chi connectivity index (χ1v) is 9.99. The Morgan fingerprint density at radius 3 is 2.30 bits per heavy atom. The van der Waals surface area contributed by atoms with Gasteiger partial charge in [-0.2, -0.15) is 18.3 Å². The van der Waals surface area contributed by atoms with Crippen LogP contribution < -0.4 is 10.6 Å². The minimum Gasteiger partial charge on any atom is -0.444 e. The third kappa shape index (κ3) is 5.41. The predicted molar refractivity (Wildman–Crippen MR) is 117 cm³/mol. The Kier molecular flexibility index (Phi) is 6.10. The number of aromatic nitrogens is 3. The summed E-state index contributed by atoms with van der Waals surface area (Å²) < 4.78 is 46.6. The molecule has 0 saturated heterocycles. The second-order valence-electron chi connectivity index (χ2n) is 8.56. The number of anilines is 2. The van der Waals surface area contributed by atoms with Gasteiger partial charge in [-0.25, -0.2) is 9.78 Å². The number of amides is 2. The Morgan fingerprint density at radius 1 is 1.03 bits per heavy atom. The summed E-state index contributed by atoms with van der Waals surface area (Å²) in [7, 11) is 1.68. The number of ether oxygens (including phenoxy) is 1. The van der Waals surface area contributed by atoms with E-state index in [1.54, 1.807) is 41.7 Å². The molecule has 0 spiro atoms. The van der Waals surface area contributed by atoms with Gasteiger partial charge in [-0.15, -0.1) is 0 Å². The van der Waals surface area contributed by atoms with Crippen molar-refractivity contribution in [2.24, 2.45) is 7.05 Å². The molecule has 0 aliphatic rings. The van der Waals surface area contributed by atoms with Crippen LogP contribution in [0.1, 0.15) is 48.1 Å². The van der Waals surface area contributed by atoms with Gasteiger partial charge in [-0.05, 0) is 58.9 Å². The number of alkyl halides is 3. The molecule has 3 aromatic rings. The van der Waals surface area contributed by atoms with Gasteiger partial charge in [0, 0.05) is 12.7 Å². The molecule has 0 unspecified atom stereocenters. The van der Waals surface area contributed by atoms with Crippen LogP contribution in [-0.4, -0.2) is 32.4 Å². The van der Waals surface area contributed by atoms with Gasteiger partial charge in [0.15, 0.2) is 5.65 Å². The molecule has 0 fully saturated rings. The van der Waals surface area contributed by atoms with Crippen LogP contribution in [0.3, 0.4) is 0 Å². The highest BCUT2D eigenvalue weighted by atomic mass is 19.4. The lowest BCUT2D eigenvalue weighted by molar-refractivity contribution is -0.137. The van der Waals surface area contributed by atoms with Crippen LogP contribution in [0.15, 0.2) is 24.3 Å². The van der Waals surface area contributed by atoms with Gasteiger partial charge >= 0.3 is 12.3 Å². The highest BCUT2D eigenvalue weighted by Gasteiger charge is 2.32. The monoisotopic (exact) mass is 463 g/mol. The average Bonchev–Trinajstić information content (AvgIpc) is 2.93. The van der Waals surface area contributed by atoms with Crippen LogP contribution in [0.25, 0.3) is 11.0 Å². The molecule has 33 heavy (non-hydrogen) atoms. The van der Waals surface area contributed by atoms with Crippen molar-refractivity contribution in [1.82, 2.24) is 14.8 Å². The van der Waals surface area contributed by atoms with Crippen molar-refractivity contribution >= 4 is 34.4 Å². The molecule has 0 saturated carbocycles. The Balaban J connectivity index is 2.03. The largest absolute Gasteiger partial charge is 0.444 e. The van der Waals surface area contributed by atoms with Gasteiger partial charge in [0.1, 0.15) is 5.60 Å². The number of nitrogens with one attached hydrogen (secondary N) is 2. The summed E-state index contributed by atoms with van der Waals surface area (Å²) in [6.07, 6.45) is -5.52. The number of carbonyl (C=O) groups is 2. The molecule has 176 valence electrons. The SMILES string of the molecule is Cc1cc(C(=O)Nc2cc(C(F)(F)F)ccc2NC(=O)OC(C)(C)C)c2c(C)nn(C)c2n1. The standard InChI is InChI=1S/C22H24F3N5O3/c1-11-9-14(17-12(2)29-30(6)18(17)26-11)19(31)27-16-10-13(22(23,24)25)7-8-15(16)28-20(32)33-21(3,4)5/h7-10H,1-6H3,(H,27,31)(H,28,32). The number of nitrogens with zero attached hydrogens (tertiary/aromatic N) is 3. The number of hydrogen-bond donors (Lipinski definition) is 2. The molecule has 11 heteroatoms. The first-order valence-electron chi connectivity index (χ1n) is 9.99. The van der Waals surface area contributed by atoms with Crippen LogP contribution in [-0.2, 0) is 18.0 Å². The van der Waals surface area contributed by atoms with Crippen LogP contribution >= 0.6 is 0 Å². The van der Waals surface area contributed by atoms with Crippen molar-refractivity contribution in [2.75, 3.05) is 10.6 Å². The molecule has 0 radical (unpaired) electrons. The second kappa shape index (κ2) is 8.38. The van der Waals surface area contributed by atoms with Crippen LogP contribution in [0.4, 0.5) is 29.3 Å². The van der Waals surface area contributed by atoms with E-state index in [0.717, 1.165) is 18.2 Å². The Bertz CT molecular complexity index is 1240. The van der Waals surface area contributed by atoms with E-state index in [4.69, 9.17) is 4.74 Å². The zero-order valence-electron chi connectivity index (χ0n) is 19.0. The van der Waals surface area contributed by atoms with Gasteiger partial charge in [-0.1, -0.05) is 0 Å². The van der Waals surface area contributed by atoms with Crippen molar-refractivity contribution in [3.8, 4) is 0 Å². The van der Waals surface area contributed by atoms with Gasteiger partial charge < -0.3 is 10.1 Å². The summed E-state index contributed by atoms with van der Waals surface area (Å²) in [6, 6.07) is 4.15. The molecule has 3 rings (SSSR count). The molecule has 8 nitrogen and oxygen atoms in total. The summed E-state index contributed by atoms with van der Waals surface area (Å²) >= 11 is 0. The highest BCUT2D eigenvalue weighted by Crippen LogP contribution is 2.35. The third-order valence-electron chi connectivity index (χ3n) is 4.57. The number of pyridine rings is 1. The molecule has 1 aromatic carbocycles. The minimum atomic E-state index is -4.65. The molecule has 0 bridgehead atoms. The van der Waals surface area contributed by atoms with E-state index in [2.05, 4.69) is 20.7 Å². The number of fused-ring (bicyclic) bond motifs is 1. The van der Waals surface area contributed by atoms with Crippen LogP contribution in [0, 0.1) is 13.8 Å². The highest BCUT2D eigenvalue weighted by molar-refractivity contribution is 6.14. The zero-order chi connectivity index (χ0) is 24.7. The van der Waals surface area contributed by atoms with Gasteiger partial charge in [-0.3, -0.25) is 14.8 Å². The minimum absolute atomic E-state index is 0.0458. The van der Waals surface area contributed by atoms with Gasteiger partial charge in [0.25, 0.3) is 5.91 Å². The van der Waals surface area contributed by atoms with E-state index in [0.29, 0.717) is 22.4 Å². The summed E-state index contributed by atoms with van der Waals surface area (Å²) in [6.45, 7) is 8.34. The number of benzene rings is 1. The topological polar surface area (TPSA) is 98.1 Å². The van der Waals surface area contributed by atoms with E-state index in [-0.39, 0.29) is 16.9 Å². The molecular weight excluding hydrogens is 439 g/mol. The molecule has 2 N–H and O–H groups in total. The summed E-state index contributed by atoms with van der Waals surface area (Å²) in [4.78, 5) is 29.7. The van der Waals surface area contributed by atoms with E-state index in [1.807, 2.05) is 0 Å². The fraction of sp³-hybridized carbons (Fsp3) is 0.364. The normalized spacial score (nSPS) is 12.0. The van der Waals surface area contributed by atoms with Gasteiger partial charge in [0.05, 0.1) is 33.6 Å². The van der Waals surface area contributed by atoms with E-state index < -0.39 is 29.3 Å². The third-order valence-corrected chi connectivity index (χ3v) is 4.57. The number of rotatable bonds is 3. The van der Waals surface area contributed by atoms with E-state index >= 15 is 0 Å². The van der Waals surface area contributed by atoms with Crippen molar-refractivity contribution < 1.29 is 27.5 Å². The first kappa shape index (κ1) is 24.0. The maximum atomic E-state index is 13.3. The summed E-state index contributed by atoms with van der Waals surface area (Å²) in [5.74, 6) is -0.673. The summed E-state index contributed by atoms with van der Waals surface area (Å²) in [5, 5.41) is 9.64. The van der Waals surface area contributed by atoms with E-state index in [9.17, 15) is 22.8 Å². The second-order valence-corrected chi connectivity index (χ2v) is 8.56. The fourth-order valence-corrected chi connectivity index (χ4v) is 3.29. The maximum absolute atomic E-state index is 13.3. The zero-order valence-corrected chi connectivity index (χ0v) is 19.0. The van der Waals surface area contributed by atoms with Gasteiger partial charge in [0.2, 0.25) is 0 Å². The maximum Gasteiger partial charge on any atom is 0.416 e. The smallest absolute Gasteiger partial charge is 0.416 e. The molecule has 0 aliphatic carbocycles. The fourth-order valence-electron chi connectivity index (χ4n) is 3.29. The van der Waals surface area contributed by atoms with Crippen LogP contribution in [0.2, 0.25) is 0 Å². The number of hydrogen-bond acceptors (Lipinski definition) is 5. The molecule has 2 amide bonds. The van der Waals surface area contributed by atoms with Crippen LogP contribution in [0.5, 0.6) is 0 Å².